The zero-order valence-corrected chi connectivity index (χ0v) is 8.46. The Morgan fingerprint density at radius 1 is 1.27 bits per heavy atom. The van der Waals surface area contributed by atoms with Crippen molar-refractivity contribution < 1.29 is 13.6 Å². The standard InChI is InChI=1S/C10H14F2N2O/c11-10(12)8-6-9(15)14(13-8)7-4-2-1-3-5-7/h7,10H,1-6H2. The summed E-state index contributed by atoms with van der Waals surface area (Å²) in [7, 11) is 0. The summed E-state index contributed by atoms with van der Waals surface area (Å²) in [4.78, 5) is 11.5. The molecule has 1 heterocycles. The number of carbonyl (C=O) groups is 1. The predicted molar refractivity (Wildman–Crippen MR) is 51.8 cm³/mol. The van der Waals surface area contributed by atoms with Crippen LogP contribution < -0.4 is 0 Å². The highest BCUT2D eigenvalue weighted by Crippen LogP contribution is 2.26. The van der Waals surface area contributed by atoms with Crippen LogP contribution in [0.2, 0.25) is 0 Å². The fraction of sp³-hybridized carbons (Fsp3) is 0.800. The highest BCUT2D eigenvalue weighted by atomic mass is 19.3. The first-order chi connectivity index (χ1) is 7.18. The molecule has 3 nitrogen and oxygen atoms in total. The zero-order chi connectivity index (χ0) is 10.8. The molecule has 15 heavy (non-hydrogen) atoms. The maximum Gasteiger partial charge on any atom is 0.278 e. The Balaban J connectivity index is 2.05. The average Bonchev–Trinajstić information content (AvgIpc) is 2.62. The molecule has 1 amide bonds. The molecule has 0 atom stereocenters. The van der Waals surface area contributed by atoms with Gasteiger partial charge in [0.1, 0.15) is 5.71 Å². The maximum absolute atomic E-state index is 12.3. The van der Waals surface area contributed by atoms with Gasteiger partial charge in [-0.3, -0.25) is 4.79 Å². The predicted octanol–water partition coefficient (Wildman–Crippen LogP) is 2.17. The fourth-order valence-electron chi connectivity index (χ4n) is 2.20. The van der Waals surface area contributed by atoms with Crippen LogP contribution in [0.4, 0.5) is 8.78 Å². The van der Waals surface area contributed by atoms with E-state index < -0.39 is 6.43 Å². The summed E-state index contributed by atoms with van der Waals surface area (Å²) >= 11 is 0. The average molecular weight is 216 g/mol. The van der Waals surface area contributed by atoms with Crippen molar-refractivity contribution in [2.45, 2.75) is 51.0 Å². The molecule has 0 aromatic rings. The molecule has 0 unspecified atom stereocenters. The molecule has 0 radical (unpaired) electrons. The molecule has 84 valence electrons. The third-order valence-electron chi connectivity index (χ3n) is 3.00. The van der Waals surface area contributed by atoms with Crippen LogP contribution in [-0.2, 0) is 4.79 Å². The Hall–Kier alpha value is -1.00. The molecule has 1 fully saturated rings. The van der Waals surface area contributed by atoms with E-state index in [1.54, 1.807) is 0 Å². The van der Waals surface area contributed by atoms with Crippen LogP contribution in [0.3, 0.4) is 0 Å². The number of hydrogen-bond donors (Lipinski definition) is 0. The van der Waals surface area contributed by atoms with Gasteiger partial charge in [0.15, 0.2) is 0 Å². The first-order valence-corrected chi connectivity index (χ1v) is 5.36. The minimum Gasteiger partial charge on any atom is -0.273 e. The van der Waals surface area contributed by atoms with Crippen molar-refractivity contribution in [1.82, 2.24) is 5.01 Å². The lowest BCUT2D eigenvalue weighted by Crippen LogP contribution is -2.34. The molecule has 0 aromatic carbocycles. The lowest BCUT2D eigenvalue weighted by Gasteiger charge is -2.27. The Morgan fingerprint density at radius 2 is 1.93 bits per heavy atom. The van der Waals surface area contributed by atoms with Crippen molar-refractivity contribution in [2.75, 3.05) is 0 Å². The Kier molecular flexibility index (Phi) is 2.98. The van der Waals surface area contributed by atoms with Crippen molar-refractivity contribution in [1.29, 1.82) is 0 Å². The van der Waals surface area contributed by atoms with E-state index in [1.165, 1.54) is 11.4 Å². The second-order valence-electron chi connectivity index (χ2n) is 4.10. The van der Waals surface area contributed by atoms with Gasteiger partial charge in [0.25, 0.3) is 6.43 Å². The summed E-state index contributed by atoms with van der Waals surface area (Å²) in [6, 6.07) is 0.0579. The number of rotatable bonds is 2. The molecule has 1 aliphatic carbocycles. The van der Waals surface area contributed by atoms with Gasteiger partial charge >= 0.3 is 0 Å². The molecular formula is C10H14F2N2O. The second kappa shape index (κ2) is 4.24. The topological polar surface area (TPSA) is 32.7 Å². The van der Waals surface area contributed by atoms with Gasteiger partial charge in [-0.05, 0) is 12.8 Å². The lowest BCUT2D eigenvalue weighted by molar-refractivity contribution is -0.131. The summed E-state index contributed by atoms with van der Waals surface area (Å²) in [5.41, 5.74) is -0.273. The van der Waals surface area contributed by atoms with Gasteiger partial charge in [0, 0.05) is 0 Å². The van der Waals surface area contributed by atoms with Gasteiger partial charge in [-0.1, -0.05) is 19.3 Å². The lowest BCUT2D eigenvalue weighted by atomic mass is 9.95. The number of carbonyl (C=O) groups excluding carboxylic acids is 1. The Bertz CT molecular complexity index is 285. The van der Waals surface area contributed by atoms with Crippen molar-refractivity contribution >= 4 is 11.6 Å². The normalized spacial score (nSPS) is 23.8. The van der Waals surface area contributed by atoms with Gasteiger partial charge in [-0.2, -0.15) is 5.10 Å². The Morgan fingerprint density at radius 3 is 2.47 bits per heavy atom. The van der Waals surface area contributed by atoms with Crippen LogP contribution in [0.1, 0.15) is 38.5 Å². The van der Waals surface area contributed by atoms with Gasteiger partial charge in [0.05, 0.1) is 12.5 Å². The summed E-state index contributed by atoms with van der Waals surface area (Å²) in [5.74, 6) is -0.266. The highest BCUT2D eigenvalue weighted by Gasteiger charge is 2.33. The van der Waals surface area contributed by atoms with Gasteiger partial charge < -0.3 is 0 Å². The fourth-order valence-corrected chi connectivity index (χ4v) is 2.20. The number of hydrazone groups is 1. The molecule has 0 spiro atoms. The largest absolute Gasteiger partial charge is 0.278 e. The molecule has 2 aliphatic rings. The van der Waals surface area contributed by atoms with Crippen molar-refractivity contribution in [2.24, 2.45) is 5.10 Å². The quantitative estimate of drug-likeness (QED) is 0.696. The van der Waals surface area contributed by atoms with Crippen LogP contribution >= 0.6 is 0 Å². The SMILES string of the molecule is O=C1CC(C(F)F)=NN1C1CCCCC1. The molecule has 1 saturated carbocycles. The van der Waals surface area contributed by atoms with Gasteiger partial charge in [-0.25, -0.2) is 13.8 Å². The molecule has 0 bridgehead atoms. The molecule has 1 aliphatic heterocycles. The van der Waals surface area contributed by atoms with E-state index in [-0.39, 0.29) is 24.1 Å². The number of hydrogen-bond acceptors (Lipinski definition) is 2. The number of halogens is 2. The minimum atomic E-state index is -2.59. The summed E-state index contributed by atoms with van der Waals surface area (Å²) < 4.78 is 24.7. The third-order valence-corrected chi connectivity index (χ3v) is 3.00. The zero-order valence-electron chi connectivity index (χ0n) is 8.46. The van der Waals surface area contributed by atoms with Crippen LogP contribution in [0.15, 0.2) is 5.10 Å². The maximum atomic E-state index is 12.3. The minimum absolute atomic E-state index is 0.0579. The molecular weight excluding hydrogens is 202 g/mol. The molecule has 5 heteroatoms. The first kappa shape index (κ1) is 10.5. The molecule has 0 N–H and O–H groups in total. The van der Waals surface area contributed by atoms with E-state index in [1.807, 2.05) is 0 Å². The van der Waals surface area contributed by atoms with E-state index >= 15 is 0 Å². The number of amides is 1. The van der Waals surface area contributed by atoms with Gasteiger partial charge in [-0.15, -0.1) is 0 Å². The summed E-state index contributed by atoms with van der Waals surface area (Å²) in [6.45, 7) is 0. The molecule has 0 aromatic heterocycles. The summed E-state index contributed by atoms with van der Waals surface area (Å²) in [6.07, 6.45) is 2.29. The van der Waals surface area contributed by atoms with Crippen LogP contribution in [0, 0.1) is 0 Å². The number of nitrogens with zero attached hydrogens (tertiary/aromatic N) is 2. The van der Waals surface area contributed by atoms with E-state index in [0.717, 1.165) is 25.7 Å². The third kappa shape index (κ3) is 2.16. The Labute approximate surface area is 87.1 Å². The summed E-state index contributed by atoms with van der Waals surface area (Å²) in [5, 5.41) is 5.04. The van der Waals surface area contributed by atoms with Crippen LogP contribution in [0.25, 0.3) is 0 Å². The monoisotopic (exact) mass is 216 g/mol. The smallest absolute Gasteiger partial charge is 0.273 e. The van der Waals surface area contributed by atoms with E-state index in [0.29, 0.717) is 0 Å². The van der Waals surface area contributed by atoms with E-state index in [4.69, 9.17) is 0 Å². The van der Waals surface area contributed by atoms with Gasteiger partial charge in [0.2, 0.25) is 5.91 Å². The van der Waals surface area contributed by atoms with Crippen molar-refractivity contribution in [3.8, 4) is 0 Å². The highest BCUT2D eigenvalue weighted by molar-refractivity contribution is 6.06. The molecule has 0 saturated heterocycles. The van der Waals surface area contributed by atoms with E-state index in [9.17, 15) is 13.6 Å². The second-order valence-corrected chi connectivity index (χ2v) is 4.10. The van der Waals surface area contributed by atoms with Crippen molar-refractivity contribution in [3.05, 3.63) is 0 Å². The van der Waals surface area contributed by atoms with Crippen LogP contribution in [-0.4, -0.2) is 29.1 Å². The van der Waals surface area contributed by atoms with Crippen LogP contribution in [0.5, 0.6) is 0 Å². The first-order valence-electron chi connectivity index (χ1n) is 5.36. The molecule has 2 rings (SSSR count). The van der Waals surface area contributed by atoms with Crippen molar-refractivity contribution in [3.63, 3.8) is 0 Å². The number of alkyl halides is 2. The van der Waals surface area contributed by atoms with E-state index in [2.05, 4.69) is 5.10 Å².